The SMILES string of the molecule is CC1CN(C)CCCN1C1=CC(=O)CC1. The van der Waals surface area contributed by atoms with Gasteiger partial charge in [0.25, 0.3) is 0 Å². The highest BCUT2D eigenvalue weighted by Crippen LogP contribution is 2.23. The van der Waals surface area contributed by atoms with E-state index in [4.69, 9.17) is 0 Å². The maximum absolute atomic E-state index is 11.2. The van der Waals surface area contributed by atoms with Crippen molar-refractivity contribution in [3.8, 4) is 0 Å². The van der Waals surface area contributed by atoms with Crippen LogP contribution in [0.15, 0.2) is 11.8 Å². The number of ketones is 1. The quantitative estimate of drug-likeness (QED) is 0.648. The van der Waals surface area contributed by atoms with Crippen molar-refractivity contribution in [3.05, 3.63) is 11.8 Å². The van der Waals surface area contributed by atoms with Crippen molar-refractivity contribution in [1.82, 2.24) is 9.80 Å². The summed E-state index contributed by atoms with van der Waals surface area (Å²) < 4.78 is 0. The lowest BCUT2D eigenvalue weighted by Crippen LogP contribution is -2.36. The molecule has 1 aliphatic carbocycles. The molecule has 84 valence electrons. The maximum atomic E-state index is 11.2. The Hall–Kier alpha value is -0.830. The highest BCUT2D eigenvalue weighted by atomic mass is 16.1. The fourth-order valence-electron chi connectivity index (χ4n) is 2.61. The number of nitrogens with zero attached hydrogens (tertiary/aromatic N) is 2. The summed E-state index contributed by atoms with van der Waals surface area (Å²) in [5, 5.41) is 0. The van der Waals surface area contributed by atoms with E-state index in [9.17, 15) is 4.79 Å². The number of carbonyl (C=O) groups is 1. The second-order valence-electron chi connectivity index (χ2n) is 4.76. The number of hydrogen-bond donors (Lipinski definition) is 0. The summed E-state index contributed by atoms with van der Waals surface area (Å²) in [5.74, 6) is 0.301. The second-order valence-corrected chi connectivity index (χ2v) is 4.76. The predicted molar refractivity (Wildman–Crippen MR) is 60.6 cm³/mol. The Morgan fingerprint density at radius 1 is 1.33 bits per heavy atom. The van der Waals surface area contributed by atoms with Gasteiger partial charge in [0.15, 0.2) is 5.78 Å². The van der Waals surface area contributed by atoms with Crippen LogP contribution in [0, 0.1) is 0 Å². The zero-order valence-corrected chi connectivity index (χ0v) is 9.70. The second kappa shape index (κ2) is 4.35. The standard InChI is InChI=1S/C12H20N2O/c1-10-9-13(2)6-3-7-14(10)11-4-5-12(15)8-11/h8,10H,3-7,9H2,1-2H3. The summed E-state index contributed by atoms with van der Waals surface area (Å²) in [6, 6.07) is 0.537. The normalized spacial score (nSPS) is 29.2. The molecule has 2 rings (SSSR count). The molecule has 1 fully saturated rings. The molecule has 0 radical (unpaired) electrons. The van der Waals surface area contributed by atoms with Gasteiger partial charge in [-0.1, -0.05) is 0 Å². The predicted octanol–water partition coefficient (Wildman–Crippen LogP) is 1.26. The van der Waals surface area contributed by atoms with Crippen LogP contribution >= 0.6 is 0 Å². The molecule has 0 aromatic heterocycles. The van der Waals surface area contributed by atoms with Gasteiger partial charge in [0.05, 0.1) is 0 Å². The van der Waals surface area contributed by atoms with Crippen LogP contribution in [0.1, 0.15) is 26.2 Å². The monoisotopic (exact) mass is 208 g/mol. The highest BCUT2D eigenvalue weighted by Gasteiger charge is 2.24. The molecule has 3 nitrogen and oxygen atoms in total. The molecular formula is C12H20N2O. The van der Waals surface area contributed by atoms with Crippen molar-refractivity contribution in [1.29, 1.82) is 0 Å². The van der Waals surface area contributed by atoms with E-state index in [1.807, 2.05) is 6.08 Å². The van der Waals surface area contributed by atoms with E-state index in [1.165, 1.54) is 18.7 Å². The summed E-state index contributed by atoms with van der Waals surface area (Å²) in [5.41, 5.74) is 1.27. The first kappa shape index (κ1) is 10.7. The van der Waals surface area contributed by atoms with Crippen molar-refractivity contribution in [3.63, 3.8) is 0 Å². The Morgan fingerprint density at radius 3 is 2.80 bits per heavy atom. The van der Waals surface area contributed by atoms with Gasteiger partial charge in [-0.25, -0.2) is 0 Å². The van der Waals surface area contributed by atoms with E-state index in [1.54, 1.807) is 0 Å². The zero-order valence-electron chi connectivity index (χ0n) is 9.70. The number of rotatable bonds is 1. The minimum atomic E-state index is 0.301. The van der Waals surface area contributed by atoms with Gasteiger partial charge in [-0.15, -0.1) is 0 Å². The third-order valence-corrected chi connectivity index (χ3v) is 3.37. The molecule has 1 heterocycles. The lowest BCUT2D eigenvalue weighted by Gasteiger charge is -2.30. The van der Waals surface area contributed by atoms with Crippen LogP contribution in [-0.2, 0) is 4.79 Å². The summed E-state index contributed by atoms with van der Waals surface area (Å²) in [6.45, 7) is 5.63. The molecule has 1 atom stereocenters. The van der Waals surface area contributed by atoms with Gasteiger partial charge < -0.3 is 9.80 Å². The van der Waals surface area contributed by atoms with Crippen molar-refractivity contribution < 1.29 is 4.79 Å². The molecule has 0 amide bonds. The Kier molecular flexibility index (Phi) is 3.10. The Labute approximate surface area is 91.7 Å². The molecular weight excluding hydrogens is 188 g/mol. The first-order valence-electron chi connectivity index (χ1n) is 5.85. The van der Waals surface area contributed by atoms with E-state index >= 15 is 0 Å². The fourth-order valence-corrected chi connectivity index (χ4v) is 2.61. The van der Waals surface area contributed by atoms with Crippen LogP contribution in [0.2, 0.25) is 0 Å². The molecule has 1 saturated heterocycles. The van der Waals surface area contributed by atoms with Gasteiger partial charge in [0, 0.05) is 37.3 Å². The Bertz CT molecular complexity index is 285. The zero-order chi connectivity index (χ0) is 10.8. The molecule has 3 heteroatoms. The lowest BCUT2D eigenvalue weighted by molar-refractivity contribution is -0.114. The van der Waals surface area contributed by atoms with Crippen LogP contribution in [0.25, 0.3) is 0 Å². The smallest absolute Gasteiger partial charge is 0.157 e. The molecule has 0 spiro atoms. The molecule has 0 aromatic rings. The minimum Gasteiger partial charge on any atom is -0.371 e. The van der Waals surface area contributed by atoms with Gasteiger partial charge in [0.2, 0.25) is 0 Å². The van der Waals surface area contributed by atoms with Gasteiger partial charge in [-0.05, 0) is 33.4 Å². The van der Waals surface area contributed by atoms with Crippen LogP contribution in [-0.4, -0.2) is 48.3 Å². The van der Waals surface area contributed by atoms with E-state index in [2.05, 4.69) is 23.8 Å². The van der Waals surface area contributed by atoms with Crippen molar-refractivity contribution in [2.75, 3.05) is 26.7 Å². The lowest BCUT2D eigenvalue weighted by atomic mass is 10.2. The van der Waals surface area contributed by atoms with Crippen molar-refractivity contribution in [2.45, 2.75) is 32.2 Å². The molecule has 0 N–H and O–H groups in total. The van der Waals surface area contributed by atoms with Crippen LogP contribution < -0.4 is 0 Å². The number of likely N-dealkylation sites (N-methyl/N-ethyl adjacent to an activating group) is 1. The van der Waals surface area contributed by atoms with Gasteiger partial charge in [-0.3, -0.25) is 4.79 Å². The van der Waals surface area contributed by atoms with Gasteiger partial charge in [-0.2, -0.15) is 0 Å². The van der Waals surface area contributed by atoms with Crippen LogP contribution in [0.3, 0.4) is 0 Å². The molecule has 2 aliphatic rings. The number of allylic oxidation sites excluding steroid dienone is 2. The summed E-state index contributed by atoms with van der Waals surface area (Å²) in [7, 11) is 2.17. The average molecular weight is 208 g/mol. The van der Waals surface area contributed by atoms with E-state index in [-0.39, 0.29) is 0 Å². The molecule has 0 bridgehead atoms. The van der Waals surface area contributed by atoms with E-state index in [0.717, 1.165) is 19.5 Å². The largest absolute Gasteiger partial charge is 0.371 e. The summed E-state index contributed by atoms with van der Waals surface area (Å²) in [6.07, 6.45) is 4.72. The Balaban J connectivity index is 2.07. The van der Waals surface area contributed by atoms with Crippen molar-refractivity contribution >= 4 is 5.78 Å². The van der Waals surface area contributed by atoms with Crippen molar-refractivity contribution in [2.24, 2.45) is 0 Å². The van der Waals surface area contributed by atoms with Gasteiger partial charge >= 0.3 is 0 Å². The molecule has 15 heavy (non-hydrogen) atoms. The van der Waals surface area contributed by atoms with E-state index < -0.39 is 0 Å². The summed E-state index contributed by atoms with van der Waals surface area (Å²) in [4.78, 5) is 16.0. The fraction of sp³-hybridized carbons (Fsp3) is 0.750. The number of carbonyl (C=O) groups excluding carboxylic acids is 1. The van der Waals surface area contributed by atoms with Gasteiger partial charge in [0.1, 0.15) is 0 Å². The maximum Gasteiger partial charge on any atom is 0.157 e. The third kappa shape index (κ3) is 2.40. The molecule has 1 unspecified atom stereocenters. The molecule has 0 aromatic carbocycles. The minimum absolute atomic E-state index is 0.301. The first-order chi connectivity index (χ1) is 7.16. The molecule has 0 saturated carbocycles. The first-order valence-corrected chi connectivity index (χ1v) is 5.85. The molecule has 1 aliphatic heterocycles. The third-order valence-electron chi connectivity index (χ3n) is 3.37. The Morgan fingerprint density at radius 2 is 2.13 bits per heavy atom. The summed E-state index contributed by atoms with van der Waals surface area (Å²) >= 11 is 0. The number of hydrogen-bond acceptors (Lipinski definition) is 3. The van der Waals surface area contributed by atoms with Crippen LogP contribution in [0.4, 0.5) is 0 Å². The average Bonchev–Trinajstić information content (AvgIpc) is 2.51. The van der Waals surface area contributed by atoms with Crippen LogP contribution in [0.5, 0.6) is 0 Å². The highest BCUT2D eigenvalue weighted by molar-refractivity contribution is 5.92. The van der Waals surface area contributed by atoms with E-state index in [0.29, 0.717) is 18.2 Å². The topological polar surface area (TPSA) is 23.6 Å².